The van der Waals surface area contributed by atoms with Crippen LogP contribution in [-0.4, -0.2) is 40.9 Å². The van der Waals surface area contributed by atoms with E-state index in [4.69, 9.17) is 18.9 Å². The minimum Gasteiger partial charge on any atom is -0.492 e. The van der Waals surface area contributed by atoms with Gasteiger partial charge in [-0.05, 0) is 31.6 Å². The summed E-state index contributed by atoms with van der Waals surface area (Å²) in [6.45, 7) is 2.37. The Morgan fingerprint density at radius 2 is 1.21 bits per heavy atom. The number of benzene rings is 1. The van der Waals surface area contributed by atoms with Crippen LogP contribution >= 0.6 is 0 Å². The molecule has 2 rings (SSSR count). The summed E-state index contributed by atoms with van der Waals surface area (Å²) in [6, 6.07) is 0. The van der Waals surface area contributed by atoms with Crippen LogP contribution in [0.15, 0.2) is 0 Å². The van der Waals surface area contributed by atoms with Gasteiger partial charge in [0, 0.05) is 24.6 Å². The minimum absolute atomic E-state index is 0.0612. The summed E-state index contributed by atoms with van der Waals surface area (Å²) in [4.78, 5) is 10.8. The van der Waals surface area contributed by atoms with Gasteiger partial charge in [0.2, 0.25) is 17.4 Å². The van der Waals surface area contributed by atoms with E-state index in [1.54, 1.807) is 35.4 Å². The molecular weight excluding hydrogens is 370 g/mol. The van der Waals surface area contributed by atoms with E-state index in [2.05, 4.69) is 5.32 Å². The first-order valence-electron chi connectivity index (χ1n) is 10.7. The zero-order valence-corrected chi connectivity index (χ0v) is 18.7. The zero-order chi connectivity index (χ0) is 21.2. The van der Waals surface area contributed by atoms with Crippen molar-refractivity contribution in [3.8, 4) is 23.0 Å². The maximum Gasteiger partial charge on any atom is 0.216 e. The largest absolute Gasteiger partial charge is 0.492 e. The highest BCUT2D eigenvalue weighted by atomic mass is 16.5. The monoisotopic (exact) mass is 407 g/mol. The van der Waals surface area contributed by atoms with Crippen LogP contribution in [0.2, 0.25) is 0 Å². The lowest BCUT2D eigenvalue weighted by molar-refractivity contribution is -0.118. The number of amides is 1. The first kappa shape index (κ1) is 23.2. The first-order chi connectivity index (χ1) is 14.1. The molecule has 0 fully saturated rings. The van der Waals surface area contributed by atoms with E-state index in [9.17, 15) is 4.79 Å². The van der Waals surface area contributed by atoms with Gasteiger partial charge in [0.15, 0.2) is 11.5 Å². The molecule has 0 saturated carbocycles. The van der Waals surface area contributed by atoms with E-state index >= 15 is 0 Å². The van der Waals surface area contributed by atoms with Crippen molar-refractivity contribution in [2.45, 2.75) is 64.7 Å². The maximum atomic E-state index is 10.8. The lowest BCUT2D eigenvalue weighted by Crippen LogP contribution is -2.20. The summed E-state index contributed by atoms with van der Waals surface area (Å²) in [5.41, 5.74) is 2.40. The average molecular weight is 408 g/mol. The van der Waals surface area contributed by atoms with Gasteiger partial charge in [-0.2, -0.15) is 0 Å². The Balaban J connectivity index is 1.84. The molecule has 1 aromatic carbocycles. The molecule has 0 bridgehead atoms. The van der Waals surface area contributed by atoms with E-state index in [-0.39, 0.29) is 5.91 Å². The molecular formula is C23H37NO5. The minimum atomic E-state index is 0.0612. The van der Waals surface area contributed by atoms with Gasteiger partial charge in [-0.1, -0.05) is 32.1 Å². The quantitative estimate of drug-likeness (QED) is 0.494. The molecule has 1 amide bonds. The number of hydrogen-bond donors (Lipinski definition) is 1. The van der Waals surface area contributed by atoms with Crippen LogP contribution in [-0.2, 0) is 17.6 Å². The van der Waals surface area contributed by atoms with Gasteiger partial charge >= 0.3 is 0 Å². The fraction of sp³-hybridized carbons (Fsp3) is 0.696. The van der Waals surface area contributed by atoms with Crippen LogP contribution in [0.5, 0.6) is 23.0 Å². The fourth-order valence-corrected chi connectivity index (χ4v) is 4.37. The molecule has 0 spiro atoms. The highest BCUT2D eigenvalue weighted by Gasteiger charge is 2.33. The van der Waals surface area contributed by atoms with E-state index in [0.29, 0.717) is 17.4 Å². The van der Waals surface area contributed by atoms with Crippen LogP contribution in [0.4, 0.5) is 0 Å². The number of carbonyl (C=O) groups excluding carboxylic acids is 1. The predicted octanol–water partition coefficient (Wildman–Crippen LogP) is 4.30. The highest BCUT2D eigenvalue weighted by molar-refractivity contribution is 5.72. The summed E-state index contributed by atoms with van der Waals surface area (Å²) in [7, 11) is 6.64. The summed E-state index contributed by atoms with van der Waals surface area (Å²) >= 11 is 0. The van der Waals surface area contributed by atoms with Crippen LogP contribution in [0.1, 0.15) is 63.0 Å². The molecule has 0 atom stereocenters. The van der Waals surface area contributed by atoms with Gasteiger partial charge < -0.3 is 24.3 Å². The van der Waals surface area contributed by atoms with Gasteiger partial charge in [0.25, 0.3) is 0 Å². The summed E-state index contributed by atoms with van der Waals surface area (Å²) in [5, 5.41) is 2.85. The standard InChI is InChI=1S/C23H37NO5/c1-16(25)24-13-11-9-7-6-8-10-12-17-14-18-19(15-17)21(27-3)23(29-5)22(28-4)20(18)26-2/h17H,6-15H2,1-5H3,(H,24,25). The molecule has 0 aliphatic heterocycles. The van der Waals surface area contributed by atoms with Gasteiger partial charge in [0.1, 0.15) is 0 Å². The van der Waals surface area contributed by atoms with Crippen molar-refractivity contribution in [2.75, 3.05) is 35.0 Å². The van der Waals surface area contributed by atoms with E-state index in [1.165, 1.54) is 49.7 Å². The molecule has 6 heteroatoms. The van der Waals surface area contributed by atoms with Crippen LogP contribution in [0, 0.1) is 5.92 Å². The average Bonchev–Trinajstić information content (AvgIpc) is 3.13. The molecule has 1 aliphatic carbocycles. The lowest BCUT2D eigenvalue weighted by atomic mass is 9.97. The Morgan fingerprint density at radius 3 is 1.66 bits per heavy atom. The number of hydrogen-bond acceptors (Lipinski definition) is 5. The van der Waals surface area contributed by atoms with Crippen molar-refractivity contribution < 1.29 is 23.7 Å². The van der Waals surface area contributed by atoms with Crippen LogP contribution in [0.3, 0.4) is 0 Å². The third-order valence-corrected chi connectivity index (χ3v) is 5.75. The second-order valence-electron chi connectivity index (χ2n) is 7.76. The Bertz CT molecular complexity index is 633. The topological polar surface area (TPSA) is 66.0 Å². The molecule has 0 aromatic heterocycles. The smallest absolute Gasteiger partial charge is 0.216 e. The third-order valence-electron chi connectivity index (χ3n) is 5.75. The number of rotatable bonds is 13. The predicted molar refractivity (Wildman–Crippen MR) is 115 cm³/mol. The lowest BCUT2D eigenvalue weighted by Gasteiger charge is -2.19. The second-order valence-corrected chi connectivity index (χ2v) is 7.76. The van der Waals surface area contributed by atoms with Crippen molar-refractivity contribution in [1.82, 2.24) is 5.32 Å². The molecule has 1 aliphatic rings. The Kier molecular flexibility index (Phi) is 9.42. The van der Waals surface area contributed by atoms with E-state index in [0.717, 1.165) is 37.3 Å². The highest BCUT2D eigenvalue weighted by Crippen LogP contribution is 2.53. The normalized spacial score (nSPS) is 13.1. The van der Waals surface area contributed by atoms with Crippen molar-refractivity contribution in [1.29, 1.82) is 0 Å². The number of methoxy groups -OCH3 is 4. The first-order valence-corrected chi connectivity index (χ1v) is 10.7. The van der Waals surface area contributed by atoms with Crippen molar-refractivity contribution in [3.05, 3.63) is 11.1 Å². The van der Waals surface area contributed by atoms with Crippen molar-refractivity contribution in [2.24, 2.45) is 5.92 Å². The molecule has 164 valence electrons. The molecule has 1 N–H and O–H groups in total. The number of fused-ring (bicyclic) bond motifs is 1. The second kappa shape index (κ2) is 11.8. The van der Waals surface area contributed by atoms with Crippen molar-refractivity contribution in [3.63, 3.8) is 0 Å². The molecule has 0 radical (unpaired) electrons. The molecule has 0 heterocycles. The van der Waals surface area contributed by atoms with Crippen LogP contribution < -0.4 is 24.3 Å². The van der Waals surface area contributed by atoms with Gasteiger partial charge in [-0.25, -0.2) is 0 Å². The maximum absolute atomic E-state index is 10.8. The van der Waals surface area contributed by atoms with Crippen LogP contribution in [0.25, 0.3) is 0 Å². The number of nitrogens with one attached hydrogen (secondary N) is 1. The van der Waals surface area contributed by atoms with Crippen molar-refractivity contribution >= 4 is 5.91 Å². The summed E-state index contributed by atoms with van der Waals surface area (Å²) < 4.78 is 22.5. The number of unbranched alkanes of at least 4 members (excludes halogenated alkanes) is 5. The van der Waals surface area contributed by atoms with Gasteiger partial charge in [-0.3, -0.25) is 4.79 Å². The molecule has 1 aromatic rings. The Labute approximate surface area is 175 Å². The third kappa shape index (κ3) is 5.94. The van der Waals surface area contributed by atoms with E-state index in [1.807, 2.05) is 0 Å². The Morgan fingerprint density at radius 1 is 0.759 bits per heavy atom. The number of carbonyl (C=O) groups is 1. The molecule has 0 saturated heterocycles. The molecule has 6 nitrogen and oxygen atoms in total. The number of ether oxygens (including phenoxy) is 4. The van der Waals surface area contributed by atoms with Gasteiger partial charge in [-0.15, -0.1) is 0 Å². The van der Waals surface area contributed by atoms with Gasteiger partial charge in [0.05, 0.1) is 28.4 Å². The summed E-state index contributed by atoms with van der Waals surface area (Å²) in [5.74, 6) is 3.45. The molecule has 0 unspecified atom stereocenters. The summed E-state index contributed by atoms with van der Waals surface area (Å²) in [6.07, 6.45) is 10.4. The molecule has 29 heavy (non-hydrogen) atoms. The SMILES string of the molecule is COc1c2c(c(OC)c(OC)c1OC)CC(CCCCCCCCNC(C)=O)C2. The fourth-order valence-electron chi connectivity index (χ4n) is 4.37. The zero-order valence-electron chi connectivity index (χ0n) is 18.7. The Hall–Kier alpha value is -2.11. The van der Waals surface area contributed by atoms with E-state index < -0.39 is 0 Å².